The van der Waals surface area contributed by atoms with Crippen LogP contribution in [0.2, 0.25) is 0 Å². The molecule has 1 N–H and O–H groups in total. The van der Waals surface area contributed by atoms with Gasteiger partial charge in [-0.05, 0) is 51.8 Å². The molecule has 0 saturated carbocycles. The van der Waals surface area contributed by atoms with Crippen LogP contribution in [0.1, 0.15) is 60.6 Å². The summed E-state index contributed by atoms with van der Waals surface area (Å²) in [6, 6.07) is 19.2. The maximum absolute atomic E-state index is 13.5. The van der Waals surface area contributed by atoms with Gasteiger partial charge in [-0.15, -0.1) is 0 Å². The molecule has 0 spiro atoms. The minimum Gasteiger partial charge on any atom is -0.381 e. The Morgan fingerprint density at radius 2 is 1.59 bits per heavy atom. The first-order chi connectivity index (χ1) is 15.2. The Morgan fingerprint density at radius 1 is 1.03 bits per heavy atom. The van der Waals surface area contributed by atoms with Crippen molar-refractivity contribution < 1.29 is 14.4 Å². The summed E-state index contributed by atoms with van der Waals surface area (Å²) < 4.78 is 5.60. The van der Waals surface area contributed by atoms with Gasteiger partial charge in [0.2, 0.25) is 0 Å². The average Bonchev–Trinajstić information content (AvgIpc) is 3.12. The van der Waals surface area contributed by atoms with E-state index in [1.54, 1.807) is 13.0 Å². The van der Waals surface area contributed by atoms with Crippen LogP contribution in [0.4, 0.5) is 0 Å². The lowest BCUT2D eigenvalue weighted by atomic mass is 9.87. The lowest BCUT2D eigenvalue weighted by molar-refractivity contribution is 0.0630. The molecule has 0 saturated heterocycles. The van der Waals surface area contributed by atoms with Gasteiger partial charge < -0.3 is 14.5 Å². The second-order valence-electron chi connectivity index (χ2n) is 8.68. The topological polar surface area (TPSA) is 66.6 Å². The number of hydrogen-bond acceptors (Lipinski definition) is 4. The van der Waals surface area contributed by atoms with E-state index >= 15 is 0 Å². The Bertz CT molecular complexity index is 1050. The summed E-state index contributed by atoms with van der Waals surface area (Å²) in [4.78, 5) is 15.3. The summed E-state index contributed by atoms with van der Waals surface area (Å²) in [5, 5.41) is 15.8. The number of carbonyl (C=O) groups is 1. The van der Waals surface area contributed by atoms with Crippen molar-refractivity contribution in [3.05, 3.63) is 94.9 Å². The number of rotatable bonds is 8. The predicted molar refractivity (Wildman–Crippen MR) is 127 cm³/mol. The third kappa shape index (κ3) is 5.17. The van der Waals surface area contributed by atoms with Crippen LogP contribution < -0.4 is 0 Å². The van der Waals surface area contributed by atoms with Gasteiger partial charge in [0.25, 0.3) is 5.91 Å². The fraction of sp³-hybridized carbons (Fsp3) is 0.333. The number of aromatic nitrogens is 1. The van der Waals surface area contributed by atoms with Gasteiger partial charge in [0, 0.05) is 18.5 Å². The molecule has 0 radical (unpaired) electrons. The molecule has 0 aliphatic heterocycles. The molecule has 0 fully saturated rings. The molecular weight excluding hydrogens is 400 g/mol. The van der Waals surface area contributed by atoms with Gasteiger partial charge in [-0.1, -0.05) is 71.9 Å². The second kappa shape index (κ2) is 9.96. The van der Waals surface area contributed by atoms with E-state index in [1.165, 1.54) is 0 Å². The highest BCUT2D eigenvalue weighted by Gasteiger charge is 2.34. The SMILES string of the molecule is Cc1noc(CC(O)(/C=C/c2ccccc2)c2ccccc2)c1C(=O)N(C(C)C)C(C)C. The normalized spacial score (nSPS) is 13.6. The maximum Gasteiger partial charge on any atom is 0.259 e. The van der Waals surface area contributed by atoms with Gasteiger partial charge in [-0.2, -0.15) is 0 Å². The molecule has 3 aromatic rings. The molecule has 1 atom stereocenters. The van der Waals surface area contributed by atoms with Crippen LogP contribution in [0.15, 0.2) is 71.3 Å². The van der Waals surface area contributed by atoms with Crippen LogP contribution in [0, 0.1) is 6.92 Å². The summed E-state index contributed by atoms with van der Waals surface area (Å²) in [7, 11) is 0. The van der Waals surface area contributed by atoms with E-state index in [1.807, 2.05) is 99.3 Å². The molecule has 5 heteroatoms. The quantitative estimate of drug-likeness (QED) is 0.519. The van der Waals surface area contributed by atoms with Gasteiger partial charge in [-0.25, -0.2) is 0 Å². The zero-order valence-electron chi connectivity index (χ0n) is 19.4. The molecule has 0 aliphatic rings. The van der Waals surface area contributed by atoms with E-state index in [0.29, 0.717) is 22.6 Å². The van der Waals surface area contributed by atoms with Crippen molar-refractivity contribution in [3.63, 3.8) is 0 Å². The molecule has 0 bridgehead atoms. The van der Waals surface area contributed by atoms with Crippen LogP contribution in [-0.4, -0.2) is 33.2 Å². The minimum absolute atomic E-state index is 0.0237. The third-order valence-corrected chi connectivity index (χ3v) is 5.55. The van der Waals surface area contributed by atoms with Gasteiger partial charge in [0.1, 0.15) is 11.2 Å². The first-order valence-corrected chi connectivity index (χ1v) is 11.0. The third-order valence-electron chi connectivity index (χ3n) is 5.55. The highest BCUT2D eigenvalue weighted by molar-refractivity contribution is 5.96. The smallest absolute Gasteiger partial charge is 0.259 e. The van der Waals surface area contributed by atoms with Crippen molar-refractivity contribution in [2.24, 2.45) is 0 Å². The monoisotopic (exact) mass is 432 g/mol. The van der Waals surface area contributed by atoms with Crippen molar-refractivity contribution in [3.8, 4) is 0 Å². The summed E-state index contributed by atoms with van der Waals surface area (Å²) >= 11 is 0. The zero-order valence-corrected chi connectivity index (χ0v) is 19.4. The molecule has 0 aliphatic carbocycles. The highest BCUT2D eigenvalue weighted by atomic mass is 16.5. The standard InChI is InChI=1S/C27H32N2O3/c1-19(2)29(20(3)4)26(30)25-21(5)28-32-24(25)18-27(31,23-14-10-7-11-15-23)17-16-22-12-8-6-9-13-22/h6-17,19-20,31H,18H2,1-5H3/b17-16+. The Labute approximate surface area is 190 Å². The minimum atomic E-state index is -1.38. The number of aliphatic hydroxyl groups is 1. The van der Waals surface area contributed by atoms with E-state index in [9.17, 15) is 9.90 Å². The van der Waals surface area contributed by atoms with Crippen molar-refractivity contribution >= 4 is 12.0 Å². The van der Waals surface area contributed by atoms with E-state index in [4.69, 9.17) is 4.52 Å². The van der Waals surface area contributed by atoms with Crippen LogP contribution in [0.25, 0.3) is 6.08 Å². The average molecular weight is 433 g/mol. The molecule has 3 rings (SSSR count). The summed E-state index contributed by atoms with van der Waals surface area (Å²) in [6.45, 7) is 9.72. The van der Waals surface area contributed by atoms with Crippen molar-refractivity contribution in [1.29, 1.82) is 0 Å². The number of amides is 1. The molecule has 2 aromatic carbocycles. The van der Waals surface area contributed by atoms with Crippen molar-refractivity contribution in [2.75, 3.05) is 0 Å². The van der Waals surface area contributed by atoms with Gasteiger partial charge in [0.15, 0.2) is 5.76 Å². The summed E-state index contributed by atoms with van der Waals surface area (Å²) in [5.74, 6) is 0.245. The number of benzene rings is 2. The molecule has 1 aromatic heterocycles. The van der Waals surface area contributed by atoms with E-state index in [-0.39, 0.29) is 24.4 Å². The molecule has 1 heterocycles. The van der Waals surface area contributed by atoms with Crippen LogP contribution in [0.5, 0.6) is 0 Å². The summed E-state index contributed by atoms with van der Waals surface area (Å²) in [5.41, 5.74) is 1.26. The fourth-order valence-corrected chi connectivity index (χ4v) is 4.03. The Hall–Kier alpha value is -3.18. The fourth-order valence-electron chi connectivity index (χ4n) is 4.03. The van der Waals surface area contributed by atoms with E-state index in [2.05, 4.69) is 5.16 Å². The Balaban J connectivity index is 2.03. The molecule has 1 unspecified atom stereocenters. The van der Waals surface area contributed by atoms with Crippen LogP contribution in [0.3, 0.4) is 0 Å². The maximum atomic E-state index is 13.5. The number of hydrogen-bond donors (Lipinski definition) is 1. The molecule has 1 amide bonds. The zero-order chi connectivity index (χ0) is 23.3. The molecular formula is C27H32N2O3. The van der Waals surface area contributed by atoms with Crippen molar-refractivity contribution in [2.45, 2.75) is 58.7 Å². The predicted octanol–water partition coefficient (Wildman–Crippen LogP) is 5.39. The van der Waals surface area contributed by atoms with Crippen LogP contribution in [-0.2, 0) is 12.0 Å². The summed E-state index contributed by atoms with van der Waals surface area (Å²) in [6.07, 6.45) is 3.73. The van der Waals surface area contributed by atoms with E-state index < -0.39 is 5.60 Å². The van der Waals surface area contributed by atoms with Gasteiger partial charge in [-0.3, -0.25) is 4.79 Å². The lowest BCUT2D eigenvalue weighted by Gasteiger charge is -2.31. The van der Waals surface area contributed by atoms with Crippen molar-refractivity contribution in [1.82, 2.24) is 10.1 Å². The van der Waals surface area contributed by atoms with Gasteiger partial charge in [0.05, 0.1) is 5.69 Å². The Kier molecular flexibility index (Phi) is 7.31. The number of nitrogens with zero attached hydrogens (tertiary/aromatic N) is 2. The lowest BCUT2D eigenvalue weighted by Crippen LogP contribution is -2.42. The molecule has 168 valence electrons. The number of carbonyl (C=O) groups excluding carboxylic acids is 1. The van der Waals surface area contributed by atoms with Gasteiger partial charge >= 0.3 is 0 Å². The first-order valence-electron chi connectivity index (χ1n) is 11.0. The highest BCUT2D eigenvalue weighted by Crippen LogP contribution is 2.31. The number of aryl methyl sites for hydroxylation is 1. The molecule has 32 heavy (non-hydrogen) atoms. The first kappa shape index (κ1) is 23.5. The van der Waals surface area contributed by atoms with E-state index in [0.717, 1.165) is 5.56 Å². The largest absolute Gasteiger partial charge is 0.381 e. The Morgan fingerprint density at radius 3 is 2.16 bits per heavy atom. The second-order valence-corrected chi connectivity index (χ2v) is 8.68. The van der Waals surface area contributed by atoms with Crippen LogP contribution >= 0.6 is 0 Å². The molecule has 5 nitrogen and oxygen atoms in total.